The summed E-state index contributed by atoms with van der Waals surface area (Å²) in [6.45, 7) is 2.28. The molecular formula is C12H18. The van der Waals surface area contributed by atoms with Gasteiger partial charge in [0, 0.05) is 0 Å². The highest BCUT2D eigenvalue weighted by Gasteiger charge is 2.32. The Labute approximate surface area is 75.4 Å². The molecule has 2 bridgehead atoms. The minimum Gasteiger partial charge on any atom is -0.0807 e. The Morgan fingerprint density at radius 1 is 0.917 bits per heavy atom. The molecule has 66 valence electrons. The van der Waals surface area contributed by atoms with E-state index in [1.165, 1.54) is 25.7 Å². The predicted octanol–water partition coefficient (Wildman–Crippen LogP) is 3.55. The first kappa shape index (κ1) is 8.10. The molecular weight excluding hydrogens is 144 g/mol. The zero-order chi connectivity index (χ0) is 8.39. The van der Waals surface area contributed by atoms with Crippen LogP contribution in [0.2, 0.25) is 0 Å². The number of fused-ring (bicyclic) bond motifs is 2. The van der Waals surface area contributed by atoms with E-state index in [0.717, 1.165) is 17.8 Å². The van der Waals surface area contributed by atoms with Crippen molar-refractivity contribution in [2.45, 2.75) is 32.6 Å². The van der Waals surface area contributed by atoms with Gasteiger partial charge in [-0.3, -0.25) is 0 Å². The van der Waals surface area contributed by atoms with Crippen LogP contribution in [0.5, 0.6) is 0 Å². The van der Waals surface area contributed by atoms with Crippen LogP contribution in [0.3, 0.4) is 0 Å². The quantitative estimate of drug-likeness (QED) is 0.438. The normalized spacial score (nSPS) is 36.6. The molecule has 12 heavy (non-hydrogen) atoms. The Morgan fingerprint density at radius 2 is 1.50 bits per heavy atom. The fourth-order valence-corrected chi connectivity index (χ4v) is 2.48. The van der Waals surface area contributed by atoms with Crippen molar-refractivity contribution in [2.24, 2.45) is 17.8 Å². The Bertz CT molecular complexity index is 170. The number of hydrogen-bond donors (Lipinski definition) is 0. The second kappa shape index (κ2) is 3.47. The number of rotatable bonds is 4. The fraction of sp³-hybridized carbons (Fsp3) is 0.667. The van der Waals surface area contributed by atoms with Gasteiger partial charge in [0.15, 0.2) is 0 Å². The van der Waals surface area contributed by atoms with E-state index < -0.39 is 0 Å². The lowest BCUT2D eigenvalue weighted by molar-refractivity contribution is 0.400. The molecule has 2 aliphatic rings. The van der Waals surface area contributed by atoms with E-state index in [1.807, 2.05) is 0 Å². The van der Waals surface area contributed by atoms with E-state index >= 15 is 0 Å². The van der Waals surface area contributed by atoms with Crippen molar-refractivity contribution in [3.8, 4) is 0 Å². The summed E-state index contributed by atoms with van der Waals surface area (Å²) < 4.78 is 0. The van der Waals surface area contributed by atoms with Crippen LogP contribution in [0.4, 0.5) is 0 Å². The Balaban J connectivity index is 1.77. The van der Waals surface area contributed by atoms with Gasteiger partial charge in [0.2, 0.25) is 0 Å². The second-order valence-electron chi connectivity index (χ2n) is 4.08. The molecule has 0 heterocycles. The van der Waals surface area contributed by atoms with Crippen LogP contribution >= 0.6 is 0 Å². The van der Waals surface area contributed by atoms with E-state index in [4.69, 9.17) is 0 Å². The monoisotopic (exact) mass is 162 g/mol. The summed E-state index contributed by atoms with van der Waals surface area (Å²) in [7, 11) is 0. The molecule has 2 rings (SSSR count). The van der Waals surface area contributed by atoms with Gasteiger partial charge in [-0.2, -0.15) is 0 Å². The van der Waals surface area contributed by atoms with Gasteiger partial charge in [0.1, 0.15) is 0 Å². The summed E-state index contributed by atoms with van der Waals surface area (Å²) in [5, 5.41) is 0. The Kier molecular flexibility index (Phi) is 2.34. The molecule has 0 N–H and O–H groups in total. The average molecular weight is 162 g/mol. The minimum absolute atomic E-state index is 0.798. The molecule has 0 radical (unpaired) electrons. The van der Waals surface area contributed by atoms with Crippen molar-refractivity contribution < 1.29 is 0 Å². The molecule has 0 aliphatic heterocycles. The van der Waals surface area contributed by atoms with Gasteiger partial charge in [-0.1, -0.05) is 50.5 Å². The highest BCUT2D eigenvalue weighted by Crippen LogP contribution is 2.41. The van der Waals surface area contributed by atoms with Gasteiger partial charge in [0.25, 0.3) is 0 Å². The van der Waals surface area contributed by atoms with Gasteiger partial charge < -0.3 is 0 Å². The van der Waals surface area contributed by atoms with E-state index in [9.17, 15) is 0 Å². The van der Waals surface area contributed by atoms with Crippen molar-refractivity contribution >= 4 is 0 Å². The highest BCUT2D eigenvalue weighted by molar-refractivity contribution is 5.24. The van der Waals surface area contributed by atoms with Gasteiger partial charge >= 0.3 is 0 Å². The smallest absolute Gasteiger partial charge is 0.00162 e. The van der Waals surface area contributed by atoms with Crippen LogP contribution < -0.4 is 0 Å². The molecule has 0 unspecified atom stereocenters. The zero-order valence-corrected chi connectivity index (χ0v) is 7.87. The molecule has 0 saturated heterocycles. The third-order valence-electron chi connectivity index (χ3n) is 3.24. The van der Waals surface area contributed by atoms with Crippen LogP contribution in [0.15, 0.2) is 24.3 Å². The van der Waals surface area contributed by atoms with Crippen molar-refractivity contribution in [3.63, 3.8) is 0 Å². The maximum Gasteiger partial charge on any atom is -0.00162 e. The number of hydrogen-bond acceptors (Lipinski definition) is 0. The maximum absolute atomic E-state index is 2.39. The van der Waals surface area contributed by atoms with Crippen LogP contribution in [0.25, 0.3) is 0 Å². The summed E-state index contributed by atoms with van der Waals surface area (Å²) in [5.74, 6) is 2.54. The van der Waals surface area contributed by atoms with Gasteiger partial charge in [-0.15, -0.1) is 0 Å². The molecule has 0 atom stereocenters. The first-order chi connectivity index (χ1) is 5.92. The largest absolute Gasteiger partial charge is 0.0807 e. The third-order valence-corrected chi connectivity index (χ3v) is 3.24. The summed E-state index contributed by atoms with van der Waals surface area (Å²) in [6, 6.07) is 0. The van der Waals surface area contributed by atoms with Gasteiger partial charge in [-0.25, -0.2) is 0 Å². The molecule has 0 nitrogen and oxygen atoms in total. The lowest BCUT2D eigenvalue weighted by Gasteiger charge is -2.15. The highest BCUT2D eigenvalue weighted by atomic mass is 14.4. The summed E-state index contributed by atoms with van der Waals surface area (Å²) in [5.41, 5.74) is 0. The topological polar surface area (TPSA) is 0 Å². The molecule has 0 saturated carbocycles. The lowest BCUT2D eigenvalue weighted by Crippen LogP contribution is -2.07. The Hall–Kier alpha value is -0.520. The molecule has 0 spiro atoms. The third kappa shape index (κ3) is 1.35. The molecule has 2 aliphatic carbocycles. The molecule has 0 aromatic carbocycles. The number of allylic oxidation sites excluding steroid dienone is 4. The van der Waals surface area contributed by atoms with Gasteiger partial charge in [-0.05, 0) is 24.2 Å². The first-order valence-corrected chi connectivity index (χ1v) is 5.28. The molecule has 0 fully saturated rings. The molecule has 0 amide bonds. The lowest BCUT2D eigenvalue weighted by atomic mass is 9.89. The second-order valence-corrected chi connectivity index (χ2v) is 4.08. The molecule has 0 heteroatoms. The van der Waals surface area contributed by atoms with Crippen LogP contribution in [0, 0.1) is 17.8 Å². The zero-order valence-electron chi connectivity index (χ0n) is 7.87. The van der Waals surface area contributed by atoms with Crippen molar-refractivity contribution in [2.75, 3.05) is 0 Å². The number of unbranched alkanes of at least 4 members (excludes halogenated alkanes) is 2. The minimum atomic E-state index is 0.798. The van der Waals surface area contributed by atoms with Crippen LogP contribution in [-0.2, 0) is 0 Å². The summed E-state index contributed by atoms with van der Waals surface area (Å²) in [6.07, 6.45) is 15.2. The van der Waals surface area contributed by atoms with Crippen molar-refractivity contribution in [1.29, 1.82) is 0 Å². The van der Waals surface area contributed by atoms with E-state index in [2.05, 4.69) is 31.2 Å². The fourth-order valence-electron chi connectivity index (χ4n) is 2.48. The maximum atomic E-state index is 2.39. The van der Waals surface area contributed by atoms with Crippen molar-refractivity contribution in [3.05, 3.63) is 24.3 Å². The summed E-state index contributed by atoms with van der Waals surface area (Å²) in [4.78, 5) is 0. The predicted molar refractivity (Wildman–Crippen MR) is 52.9 cm³/mol. The summed E-state index contributed by atoms with van der Waals surface area (Å²) >= 11 is 0. The first-order valence-electron chi connectivity index (χ1n) is 5.28. The van der Waals surface area contributed by atoms with Crippen LogP contribution in [-0.4, -0.2) is 0 Å². The van der Waals surface area contributed by atoms with Gasteiger partial charge in [0.05, 0.1) is 0 Å². The molecule has 0 aromatic heterocycles. The average Bonchev–Trinajstić information content (AvgIpc) is 2.65. The SMILES string of the molecule is CCCCCC1C2C=CC1C=C2. The van der Waals surface area contributed by atoms with E-state index in [1.54, 1.807) is 0 Å². The van der Waals surface area contributed by atoms with Crippen LogP contribution in [0.1, 0.15) is 32.6 Å². The van der Waals surface area contributed by atoms with Crippen molar-refractivity contribution in [1.82, 2.24) is 0 Å². The van der Waals surface area contributed by atoms with E-state index in [0.29, 0.717) is 0 Å². The van der Waals surface area contributed by atoms with E-state index in [-0.39, 0.29) is 0 Å². The molecule has 0 aromatic rings. The Morgan fingerprint density at radius 3 is 2.00 bits per heavy atom. The standard InChI is InChI=1S/C12H18/c1-2-3-4-5-12-10-6-7-11(12)9-8-10/h6-12H,2-5H2,1H3.